The average molecular weight is 344 g/mol. The van der Waals surface area contributed by atoms with E-state index in [1.165, 1.54) is 0 Å². The molecule has 5 heterocycles. The van der Waals surface area contributed by atoms with Crippen LogP contribution in [0.5, 0.6) is 0 Å². The molecule has 0 aliphatic carbocycles. The standard InChI is InChI=1S/C13H20N12/c1-4-6-16-11-8-10(20-23(11)17-6)21-24-12(5(2)3)22(18-8)13-7(14)9(15)19-25(13)24/h5,12,18,20-21H,4,14H2,1-3H3,(H2,15,19). The van der Waals surface area contributed by atoms with Crippen LogP contribution in [0.2, 0.25) is 0 Å². The lowest BCUT2D eigenvalue weighted by Gasteiger charge is -2.31. The zero-order valence-electron chi connectivity index (χ0n) is 14.1. The Bertz CT molecular complexity index is 977. The van der Waals surface area contributed by atoms with Crippen molar-refractivity contribution in [1.82, 2.24) is 29.7 Å². The smallest absolute Gasteiger partial charge is 0.203 e. The number of hydrogen-bond donors (Lipinski definition) is 5. The van der Waals surface area contributed by atoms with Crippen LogP contribution in [0.4, 0.5) is 28.8 Å². The van der Waals surface area contributed by atoms with Crippen LogP contribution in [0.1, 0.15) is 26.6 Å². The fraction of sp³-hybridized carbons (Fsp3) is 0.462. The summed E-state index contributed by atoms with van der Waals surface area (Å²) >= 11 is 0. The van der Waals surface area contributed by atoms with Gasteiger partial charge in [-0.25, -0.2) is 9.99 Å². The summed E-state index contributed by atoms with van der Waals surface area (Å²) in [7, 11) is 0. The molecule has 12 nitrogen and oxygen atoms in total. The minimum atomic E-state index is -0.0557. The summed E-state index contributed by atoms with van der Waals surface area (Å²) in [6.45, 7) is 6.27. The summed E-state index contributed by atoms with van der Waals surface area (Å²) in [6.07, 6.45) is 0.707. The molecule has 0 amide bonds. The van der Waals surface area contributed by atoms with E-state index in [9.17, 15) is 0 Å². The van der Waals surface area contributed by atoms with Gasteiger partial charge in [0.05, 0.1) is 0 Å². The number of aryl methyl sites for hydroxylation is 1. The van der Waals surface area contributed by atoms with Crippen LogP contribution in [0.3, 0.4) is 0 Å². The second kappa shape index (κ2) is 4.40. The van der Waals surface area contributed by atoms with Gasteiger partial charge in [0, 0.05) is 6.42 Å². The molecule has 5 rings (SSSR count). The maximum atomic E-state index is 6.17. The molecular weight excluding hydrogens is 324 g/mol. The lowest BCUT2D eigenvalue weighted by atomic mass is 10.1. The Morgan fingerprint density at radius 1 is 1.20 bits per heavy atom. The predicted octanol–water partition coefficient (Wildman–Crippen LogP) is 0.0884. The maximum absolute atomic E-state index is 6.17. The second-order valence-electron chi connectivity index (χ2n) is 6.59. The highest BCUT2D eigenvalue weighted by Gasteiger charge is 2.45. The zero-order chi connectivity index (χ0) is 17.5. The third-order valence-electron chi connectivity index (χ3n) is 4.57. The highest BCUT2D eigenvalue weighted by atomic mass is 15.9. The summed E-state index contributed by atoms with van der Waals surface area (Å²) < 4.78 is 1.65. The molecule has 0 fully saturated rings. The van der Waals surface area contributed by atoms with Gasteiger partial charge in [0.15, 0.2) is 29.4 Å². The molecule has 3 aromatic heterocycles. The summed E-state index contributed by atoms with van der Waals surface area (Å²) in [6, 6.07) is 0. The molecule has 2 aliphatic heterocycles. The van der Waals surface area contributed by atoms with Crippen LogP contribution >= 0.6 is 0 Å². The van der Waals surface area contributed by atoms with Gasteiger partial charge in [-0.1, -0.05) is 20.8 Å². The molecule has 1 unspecified atom stereocenters. The van der Waals surface area contributed by atoms with Crippen LogP contribution in [-0.2, 0) is 6.42 Å². The molecule has 0 radical (unpaired) electrons. The van der Waals surface area contributed by atoms with Gasteiger partial charge < -0.3 is 11.5 Å². The van der Waals surface area contributed by atoms with Crippen molar-refractivity contribution in [1.29, 1.82) is 0 Å². The third kappa shape index (κ3) is 1.63. The van der Waals surface area contributed by atoms with Crippen molar-refractivity contribution in [2.45, 2.75) is 33.4 Å². The lowest BCUT2D eigenvalue weighted by molar-refractivity contribution is 0.431. The van der Waals surface area contributed by atoms with E-state index in [4.69, 9.17) is 11.5 Å². The summed E-state index contributed by atoms with van der Waals surface area (Å²) in [5.74, 6) is 2.77. The first-order chi connectivity index (χ1) is 12.0. The molecule has 132 valence electrons. The van der Waals surface area contributed by atoms with E-state index >= 15 is 0 Å². The number of nitrogens with one attached hydrogen (secondary N) is 3. The first kappa shape index (κ1) is 14.1. The Hall–Kier alpha value is -3.31. The van der Waals surface area contributed by atoms with Gasteiger partial charge in [-0.05, 0) is 5.92 Å². The number of nitrogens with two attached hydrogens (primary N) is 2. The fourth-order valence-electron chi connectivity index (χ4n) is 3.40. The first-order valence-electron chi connectivity index (χ1n) is 8.23. The Labute approximate surface area is 142 Å². The van der Waals surface area contributed by atoms with Crippen molar-refractivity contribution in [2.24, 2.45) is 5.92 Å². The predicted molar refractivity (Wildman–Crippen MR) is 94.3 cm³/mol. The van der Waals surface area contributed by atoms with E-state index in [2.05, 4.69) is 45.0 Å². The molecule has 7 N–H and O–H groups in total. The maximum Gasteiger partial charge on any atom is 0.203 e. The fourth-order valence-corrected chi connectivity index (χ4v) is 3.40. The highest BCUT2D eigenvalue weighted by Crippen LogP contribution is 2.42. The molecule has 2 aliphatic rings. The van der Waals surface area contributed by atoms with Crippen LogP contribution in [-0.4, -0.2) is 35.9 Å². The molecule has 1 atom stereocenters. The van der Waals surface area contributed by atoms with E-state index in [1.54, 1.807) is 9.42 Å². The molecular formula is C13H20N12. The number of fused-ring (bicyclic) bond motifs is 8. The number of hydrazine groups is 2. The minimum absolute atomic E-state index is 0.0557. The molecule has 0 spiro atoms. The zero-order valence-corrected chi connectivity index (χ0v) is 14.1. The molecule has 0 saturated heterocycles. The van der Waals surface area contributed by atoms with E-state index < -0.39 is 0 Å². The molecule has 25 heavy (non-hydrogen) atoms. The third-order valence-corrected chi connectivity index (χ3v) is 4.57. The Morgan fingerprint density at radius 2 is 2.00 bits per heavy atom. The number of aromatic amines is 1. The number of nitrogens with zero attached hydrogens (tertiary/aromatic N) is 7. The number of hydrogen-bond acceptors (Lipinski definition) is 9. The highest BCUT2D eigenvalue weighted by molar-refractivity contribution is 5.87. The van der Waals surface area contributed by atoms with Crippen LogP contribution in [0, 0.1) is 5.92 Å². The van der Waals surface area contributed by atoms with Gasteiger partial charge in [-0.2, -0.15) is 5.12 Å². The van der Waals surface area contributed by atoms with Crippen LogP contribution in [0.15, 0.2) is 0 Å². The van der Waals surface area contributed by atoms with Crippen molar-refractivity contribution >= 4 is 34.5 Å². The van der Waals surface area contributed by atoms with Gasteiger partial charge >= 0.3 is 0 Å². The topological polar surface area (TPSA) is 146 Å². The number of H-pyrrole nitrogens is 1. The normalized spacial score (nSPS) is 18.3. The molecule has 12 heteroatoms. The largest absolute Gasteiger partial charge is 0.393 e. The van der Waals surface area contributed by atoms with E-state index in [0.717, 1.165) is 23.8 Å². The molecule has 3 aromatic rings. The van der Waals surface area contributed by atoms with Gasteiger partial charge in [0.25, 0.3) is 0 Å². The van der Waals surface area contributed by atoms with E-state index in [1.807, 2.05) is 17.1 Å². The van der Waals surface area contributed by atoms with Gasteiger partial charge in [-0.3, -0.25) is 16.0 Å². The van der Waals surface area contributed by atoms with Crippen molar-refractivity contribution in [2.75, 3.05) is 32.4 Å². The average Bonchev–Trinajstić information content (AvgIpc) is 3.22. The van der Waals surface area contributed by atoms with Gasteiger partial charge in [0.1, 0.15) is 11.4 Å². The molecule has 0 aromatic carbocycles. The quantitative estimate of drug-likeness (QED) is 0.436. The summed E-state index contributed by atoms with van der Waals surface area (Å²) in [5, 5.41) is 15.8. The number of rotatable bonds is 2. The first-order valence-corrected chi connectivity index (χ1v) is 8.23. The van der Waals surface area contributed by atoms with Crippen molar-refractivity contribution < 1.29 is 0 Å². The minimum Gasteiger partial charge on any atom is -0.393 e. The number of aromatic nitrogens is 6. The number of anilines is 5. The van der Waals surface area contributed by atoms with Gasteiger partial charge in [-0.15, -0.1) is 19.6 Å². The number of nitrogen functional groups attached to an aromatic ring is 2. The summed E-state index contributed by atoms with van der Waals surface area (Å²) in [4.78, 5) is 6.26. The van der Waals surface area contributed by atoms with Crippen LogP contribution in [0.25, 0.3) is 5.65 Å². The second-order valence-corrected chi connectivity index (χ2v) is 6.59. The Balaban J connectivity index is 1.69. The lowest BCUT2D eigenvalue weighted by Crippen LogP contribution is -2.52. The van der Waals surface area contributed by atoms with Crippen molar-refractivity contribution in [3.8, 4) is 0 Å². The monoisotopic (exact) mass is 344 g/mol. The Morgan fingerprint density at radius 3 is 2.72 bits per heavy atom. The summed E-state index contributed by atoms with van der Waals surface area (Å²) in [5.41, 5.74) is 20.8. The van der Waals surface area contributed by atoms with Crippen molar-refractivity contribution in [3.05, 3.63) is 5.82 Å². The van der Waals surface area contributed by atoms with Gasteiger partial charge in [0.2, 0.25) is 5.65 Å². The molecule has 2 bridgehead atoms. The van der Waals surface area contributed by atoms with E-state index in [0.29, 0.717) is 23.0 Å². The molecule has 0 saturated carbocycles. The van der Waals surface area contributed by atoms with E-state index in [-0.39, 0.29) is 12.1 Å². The Kier molecular flexibility index (Phi) is 2.48. The van der Waals surface area contributed by atoms with Crippen molar-refractivity contribution in [3.63, 3.8) is 0 Å². The SMILES string of the molecule is CCc1nc2c3c([nH]n2n1)NN1C(C(C)C)N(N3)c2c(N)c(N)nn21. The van der Waals surface area contributed by atoms with Crippen LogP contribution < -0.4 is 32.4 Å².